The Labute approximate surface area is 319 Å². The molecule has 10 rings (SSSR count). The second kappa shape index (κ2) is 13.8. The standard InChI is InChI=1S/C51H33N3O/c1-4-15-34(16-5-1)39-31-40(35-17-6-2-7-18-35)33-41(32-39)50-52-49(53-51(54-50)46-23-11-10-21-42(46)36-19-8-3-9-20-36)38-29-27-37(28-30-38)43-24-14-25-45-44-22-12-13-26-47(44)55-48(43)45/h1-33H. The average molecular weight is 704 g/mol. The van der Waals surface area contributed by atoms with Crippen LogP contribution in [0.2, 0.25) is 0 Å². The summed E-state index contributed by atoms with van der Waals surface area (Å²) >= 11 is 0. The molecule has 0 aliphatic carbocycles. The summed E-state index contributed by atoms with van der Waals surface area (Å²) < 4.78 is 6.38. The van der Waals surface area contributed by atoms with Crippen molar-refractivity contribution in [2.75, 3.05) is 0 Å². The maximum absolute atomic E-state index is 6.38. The van der Waals surface area contributed by atoms with Crippen molar-refractivity contribution in [2.45, 2.75) is 0 Å². The Morgan fingerprint density at radius 1 is 0.273 bits per heavy atom. The maximum atomic E-state index is 6.38. The minimum atomic E-state index is 0.600. The number of benzene rings is 8. The molecular formula is C51H33N3O. The highest BCUT2D eigenvalue weighted by atomic mass is 16.3. The summed E-state index contributed by atoms with van der Waals surface area (Å²) in [5, 5.41) is 2.22. The van der Waals surface area contributed by atoms with Gasteiger partial charge in [0, 0.05) is 33.0 Å². The SMILES string of the molecule is c1ccc(-c2cc(-c3ccccc3)cc(-c3nc(-c4ccc(-c5cccc6c5oc5ccccc56)cc4)nc(-c4ccccc4-c4ccccc4)n3)c2)cc1. The first-order chi connectivity index (χ1) is 27.2. The van der Waals surface area contributed by atoms with Crippen LogP contribution >= 0.6 is 0 Å². The molecule has 4 heteroatoms. The van der Waals surface area contributed by atoms with E-state index in [1.165, 1.54) is 0 Å². The van der Waals surface area contributed by atoms with Gasteiger partial charge in [-0.3, -0.25) is 0 Å². The van der Waals surface area contributed by atoms with Gasteiger partial charge in [-0.05, 0) is 63.2 Å². The van der Waals surface area contributed by atoms with Crippen molar-refractivity contribution in [1.29, 1.82) is 0 Å². The summed E-state index contributed by atoms with van der Waals surface area (Å²) in [6.45, 7) is 0. The summed E-state index contributed by atoms with van der Waals surface area (Å²) in [5.41, 5.74) is 13.2. The summed E-state index contributed by atoms with van der Waals surface area (Å²) in [6.07, 6.45) is 0. The van der Waals surface area contributed by atoms with Crippen molar-refractivity contribution in [1.82, 2.24) is 15.0 Å². The lowest BCUT2D eigenvalue weighted by Crippen LogP contribution is -2.01. The highest BCUT2D eigenvalue weighted by Crippen LogP contribution is 2.38. The molecule has 55 heavy (non-hydrogen) atoms. The Balaban J connectivity index is 1.15. The molecular weight excluding hydrogens is 671 g/mol. The minimum absolute atomic E-state index is 0.600. The smallest absolute Gasteiger partial charge is 0.164 e. The number of aromatic nitrogens is 3. The van der Waals surface area contributed by atoms with E-state index in [2.05, 4.69) is 164 Å². The van der Waals surface area contributed by atoms with E-state index in [1.54, 1.807) is 0 Å². The fourth-order valence-corrected chi connectivity index (χ4v) is 7.43. The van der Waals surface area contributed by atoms with Crippen LogP contribution in [0.3, 0.4) is 0 Å². The molecule has 258 valence electrons. The minimum Gasteiger partial charge on any atom is -0.455 e. The number of hydrogen-bond donors (Lipinski definition) is 0. The highest BCUT2D eigenvalue weighted by molar-refractivity contribution is 6.09. The van der Waals surface area contributed by atoms with E-state index in [0.29, 0.717) is 17.5 Å². The molecule has 0 atom stereocenters. The number of hydrogen-bond acceptors (Lipinski definition) is 4. The van der Waals surface area contributed by atoms with Gasteiger partial charge >= 0.3 is 0 Å². The quantitative estimate of drug-likeness (QED) is 0.166. The molecule has 0 amide bonds. The first-order valence-electron chi connectivity index (χ1n) is 18.4. The number of furan rings is 1. The number of fused-ring (bicyclic) bond motifs is 3. The van der Waals surface area contributed by atoms with Crippen molar-refractivity contribution in [3.8, 4) is 78.7 Å². The lowest BCUT2D eigenvalue weighted by molar-refractivity contribution is 0.670. The van der Waals surface area contributed by atoms with E-state index < -0.39 is 0 Å². The van der Waals surface area contributed by atoms with Crippen LogP contribution in [0.4, 0.5) is 0 Å². The van der Waals surface area contributed by atoms with Gasteiger partial charge in [0.1, 0.15) is 11.2 Å². The Morgan fingerprint density at radius 2 is 0.727 bits per heavy atom. The Morgan fingerprint density at radius 3 is 1.40 bits per heavy atom. The van der Waals surface area contributed by atoms with Crippen LogP contribution in [-0.4, -0.2) is 15.0 Å². The monoisotopic (exact) mass is 703 g/mol. The van der Waals surface area contributed by atoms with Crippen molar-refractivity contribution in [3.05, 3.63) is 200 Å². The molecule has 0 saturated carbocycles. The molecule has 8 aromatic carbocycles. The zero-order valence-corrected chi connectivity index (χ0v) is 29.8. The maximum Gasteiger partial charge on any atom is 0.164 e. The molecule has 10 aromatic rings. The normalized spacial score (nSPS) is 11.3. The van der Waals surface area contributed by atoms with E-state index in [4.69, 9.17) is 19.4 Å². The summed E-state index contributed by atoms with van der Waals surface area (Å²) in [5.74, 6) is 1.82. The van der Waals surface area contributed by atoms with Gasteiger partial charge in [-0.25, -0.2) is 15.0 Å². The van der Waals surface area contributed by atoms with E-state index in [1.807, 2.05) is 36.4 Å². The Kier molecular flexibility index (Phi) is 8.12. The molecule has 0 spiro atoms. The van der Waals surface area contributed by atoms with E-state index >= 15 is 0 Å². The molecule has 2 heterocycles. The van der Waals surface area contributed by atoms with Crippen molar-refractivity contribution >= 4 is 21.9 Å². The van der Waals surface area contributed by atoms with Gasteiger partial charge in [-0.2, -0.15) is 0 Å². The van der Waals surface area contributed by atoms with Crippen LogP contribution in [0, 0.1) is 0 Å². The molecule has 0 unspecified atom stereocenters. The van der Waals surface area contributed by atoms with Gasteiger partial charge in [0.15, 0.2) is 17.5 Å². The van der Waals surface area contributed by atoms with Gasteiger partial charge in [0.05, 0.1) is 0 Å². The number of para-hydroxylation sites is 2. The number of rotatable bonds is 7. The second-order valence-electron chi connectivity index (χ2n) is 13.6. The first-order valence-corrected chi connectivity index (χ1v) is 18.4. The average Bonchev–Trinajstić information content (AvgIpc) is 3.66. The third-order valence-electron chi connectivity index (χ3n) is 10.2. The van der Waals surface area contributed by atoms with E-state index in [9.17, 15) is 0 Å². The Hall–Kier alpha value is -7.43. The van der Waals surface area contributed by atoms with E-state index in [-0.39, 0.29) is 0 Å². The zero-order valence-electron chi connectivity index (χ0n) is 29.8. The van der Waals surface area contributed by atoms with Crippen LogP contribution < -0.4 is 0 Å². The molecule has 2 aromatic heterocycles. The molecule has 4 nitrogen and oxygen atoms in total. The van der Waals surface area contributed by atoms with Crippen LogP contribution in [-0.2, 0) is 0 Å². The predicted molar refractivity (Wildman–Crippen MR) is 225 cm³/mol. The van der Waals surface area contributed by atoms with Crippen molar-refractivity contribution < 1.29 is 4.42 Å². The van der Waals surface area contributed by atoms with Crippen LogP contribution in [0.1, 0.15) is 0 Å². The molecule has 0 fully saturated rings. The van der Waals surface area contributed by atoms with Crippen LogP contribution in [0.15, 0.2) is 205 Å². The largest absolute Gasteiger partial charge is 0.455 e. The zero-order chi connectivity index (χ0) is 36.6. The summed E-state index contributed by atoms with van der Waals surface area (Å²) in [4.78, 5) is 15.6. The predicted octanol–water partition coefficient (Wildman–Crippen LogP) is 13.4. The third kappa shape index (κ3) is 6.16. The van der Waals surface area contributed by atoms with Gasteiger partial charge in [-0.15, -0.1) is 0 Å². The first kappa shape index (κ1) is 32.2. The fourth-order valence-electron chi connectivity index (χ4n) is 7.43. The van der Waals surface area contributed by atoms with Crippen molar-refractivity contribution in [3.63, 3.8) is 0 Å². The molecule has 0 radical (unpaired) electrons. The fraction of sp³-hybridized carbons (Fsp3) is 0. The van der Waals surface area contributed by atoms with Gasteiger partial charge in [0.2, 0.25) is 0 Å². The van der Waals surface area contributed by atoms with Crippen LogP contribution in [0.5, 0.6) is 0 Å². The molecule has 0 aliphatic heterocycles. The lowest BCUT2D eigenvalue weighted by Gasteiger charge is -2.14. The van der Waals surface area contributed by atoms with Gasteiger partial charge in [0.25, 0.3) is 0 Å². The second-order valence-corrected chi connectivity index (χ2v) is 13.6. The third-order valence-corrected chi connectivity index (χ3v) is 10.2. The molecule has 0 N–H and O–H groups in total. The van der Waals surface area contributed by atoms with Gasteiger partial charge in [-0.1, -0.05) is 176 Å². The topological polar surface area (TPSA) is 51.8 Å². The highest BCUT2D eigenvalue weighted by Gasteiger charge is 2.18. The van der Waals surface area contributed by atoms with Gasteiger partial charge < -0.3 is 4.42 Å². The number of nitrogens with zero attached hydrogens (tertiary/aromatic N) is 3. The summed E-state index contributed by atoms with van der Waals surface area (Å²) in [7, 11) is 0. The van der Waals surface area contributed by atoms with Crippen LogP contribution in [0.25, 0.3) is 101 Å². The van der Waals surface area contributed by atoms with E-state index in [0.717, 1.165) is 83.1 Å². The van der Waals surface area contributed by atoms with Crippen molar-refractivity contribution in [2.24, 2.45) is 0 Å². The lowest BCUT2D eigenvalue weighted by atomic mass is 9.95. The molecule has 0 saturated heterocycles. The summed E-state index contributed by atoms with van der Waals surface area (Å²) in [6, 6.07) is 69.2. The molecule has 0 bridgehead atoms. The molecule has 0 aliphatic rings. The Bertz CT molecular complexity index is 2900.